The number of methoxy groups -OCH3 is 1. The molecule has 2 aromatic carbocycles. The molecule has 7 nitrogen and oxygen atoms in total. The lowest BCUT2D eigenvalue weighted by Crippen LogP contribution is -2.31. The first-order valence-electron chi connectivity index (χ1n) is 9.65. The highest BCUT2D eigenvalue weighted by Crippen LogP contribution is 2.36. The fourth-order valence-electron chi connectivity index (χ4n) is 3.68. The predicted octanol–water partition coefficient (Wildman–Crippen LogP) is 3.36. The van der Waals surface area contributed by atoms with Gasteiger partial charge in [-0.3, -0.25) is 4.31 Å². The molecule has 30 heavy (non-hydrogen) atoms. The largest absolute Gasteiger partial charge is 0.497 e. The fourth-order valence-corrected chi connectivity index (χ4v) is 4.65. The van der Waals surface area contributed by atoms with Crippen molar-refractivity contribution in [2.75, 3.05) is 30.8 Å². The molecule has 0 spiro atoms. The molecule has 0 saturated carbocycles. The van der Waals surface area contributed by atoms with Crippen molar-refractivity contribution in [1.29, 1.82) is 5.26 Å². The zero-order valence-electron chi connectivity index (χ0n) is 17.3. The number of aliphatic hydroxyl groups is 1. The van der Waals surface area contributed by atoms with Crippen molar-refractivity contribution in [3.63, 3.8) is 0 Å². The van der Waals surface area contributed by atoms with Gasteiger partial charge in [-0.25, -0.2) is 8.42 Å². The number of nitriles is 1. The van der Waals surface area contributed by atoms with Gasteiger partial charge in [-0.2, -0.15) is 5.26 Å². The molecule has 0 fully saturated rings. The normalized spacial score (nSPS) is 11.4. The molecule has 0 atom stereocenters. The Morgan fingerprint density at radius 2 is 1.90 bits per heavy atom. The molecular weight excluding hydrogens is 402 g/mol. The van der Waals surface area contributed by atoms with E-state index < -0.39 is 10.0 Å². The third-order valence-corrected chi connectivity index (χ3v) is 6.24. The number of rotatable bonds is 8. The van der Waals surface area contributed by atoms with Gasteiger partial charge in [-0.05, 0) is 43.2 Å². The maximum absolute atomic E-state index is 12.2. The zero-order valence-corrected chi connectivity index (χ0v) is 18.1. The molecular formula is C22H25N3O4S. The number of anilines is 1. The molecule has 0 saturated heterocycles. The number of aliphatic hydroxyl groups excluding tert-OH is 1. The van der Waals surface area contributed by atoms with Crippen LogP contribution in [0.1, 0.15) is 18.9 Å². The Morgan fingerprint density at radius 3 is 2.43 bits per heavy atom. The average Bonchev–Trinajstić information content (AvgIpc) is 3.06. The van der Waals surface area contributed by atoms with Crippen molar-refractivity contribution in [2.45, 2.75) is 19.9 Å². The van der Waals surface area contributed by atoms with E-state index in [4.69, 9.17) is 9.84 Å². The highest BCUT2D eigenvalue weighted by molar-refractivity contribution is 7.92. The van der Waals surface area contributed by atoms with E-state index in [1.165, 1.54) is 4.31 Å². The molecule has 1 heterocycles. The van der Waals surface area contributed by atoms with Gasteiger partial charge in [-0.15, -0.1) is 0 Å². The second kappa shape index (κ2) is 8.78. The summed E-state index contributed by atoms with van der Waals surface area (Å²) in [4.78, 5) is 0. The topological polar surface area (TPSA) is 95.6 Å². The number of aryl methyl sites for hydroxylation is 1. The van der Waals surface area contributed by atoms with Crippen molar-refractivity contribution in [2.24, 2.45) is 0 Å². The lowest BCUT2D eigenvalue weighted by Gasteiger charge is -2.22. The number of hydrogen-bond acceptors (Lipinski definition) is 5. The lowest BCUT2D eigenvalue weighted by molar-refractivity contribution is 0.291. The Bertz CT molecular complexity index is 1190. The third kappa shape index (κ3) is 3.99. The first kappa shape index (κ1) is 21.7. The van der Waals surface area contributed by atoms with Crippen LogP contribution in [-0.2, 0) is 16.6 Å². The minimum absolute atomic E-state index is 0.0876. The van der Waals surface area contributed by atoms with Crippen LogP contribution in [0.5, 0.6) is 5.75 Å². The Kier molecular flexibility index (Phi) is 6.34. The Morgan fingerprint density at radius 1 is 1.20 bits per heavy atom. The zero-order chi connectivity index (χ0) is 21.9. The number of aromatic nitrogens is 1. The number of hydrogen-bond donors (Lipinski definition) is 1. The van der Waals surface area contributed by atoms with Crippen LogP contribution >= 0.6 is 0 Å². The van der Waals surface area contributed by atoms with Gasteiger partial charge in [0.2, 0.25) is 10.0 Å². The van der Waals surface area contributed by atoms with Gasteiger partial charge in [0.15, 0.2) is 0 Å². The van der Waals surface area contributed by atoms with E-state index in [1.807, 2.05) is 37.3 Å². The van der Waals surface area contributed by atoms with E-state index in [0.717, 1.165) is 28.4 Å². The van der Waals surface area contributed by atoms with Gasteiger partial charge < -0.3 is 14.4 Å². The van der Waals surface area contributed by atoms with Crippen LogP contribution in [0.3, 0.4) is 0 Å². The van der Waals surface area contributed by atoms with Crippen LogP contribution in [0.2, 0.25) is 0 Å². The van der Waals surface area contributed by atoms with Crippen LogP contribution in [0.15, 0.2) is 42.5 Å². The maximum atomic E-state index is 12.2. The highest BCUT2D eigenvalue weighted by atomic mass is 32.2. The second-order valence-electron chi connectivity index (χ2n) is 6.92. The summed E-state index contributed by atoms with van der Waals surface area (Å²) in [6.07, 6.45) is 1.49. The molecule has 158 valence electrons. The van der Waals surface area contributed by atoms with E-state index in [9.17, 15) is 13.7 Å². The van der Waals surface area contributed by atoms with Crippen LogP contribution in [-0.4, -0.2) is 44.6 Å². The second-order valence-corrected chi connectivity index (χ2v) is 8.83. The summed E-state index contributed by atoms with van der Waals surface area (Å²) in [5, 5.41) is 19.8. The molecule has 8 heteroatoms. The van der Waals surface area contributed by atoms with Crippen molar-refractivity contribution in [1.82, 2.24) is 4.57 Å². The van der Waals surface area contributed by atoms with Crippen molar-refractivity contribution < 1.29 is 18.3 Å². The maximum Gasteiger partial charge on any atom is 0.232 e. The molecule has 1 aromatic heterocycles. The highest BCUT2D eigenvalue weighted by Gasteiger charge is 2.20. The number of nitrogens with zero attached hydrogens (tertiary/aromatic N) is 3. The van der Waals surface area contributed by atoms with Gasteiger partial charge in [0, 0.05) is 31.1 Å². The van der Waals surface area contributed by atoms with E-state index in [2.05, 4.69) is 10.6 Å². The molecule has 3 rings (SSSR count). The molecule has 0 radical (unpaired) electrons. The minimum atomic E-state index is -3.47. The molecule has 0 unspecified atom stereocenters. The predicted molar refractivity (Wildman–Crippen MR) is 118 cm³/mol. The van der Waals surface area contributed by atoms with Gasteiger partial charge >= 0.3 is 0 Å². The van der Waals surface area contributed by atoms with Gasteiger partial charge in [0.1, 0.15) is 11.8 Å². The monoisotopic (exact) mass is 427 g/mol. The minimum Gasteiger partial charge on any atom is -0.497 e. The lowest BCUT2D eigenvalue weighted by atomic mass is 10.1. The standard InChI is InChI=1S/C22H25N3O4S/c1-4-24-21-14-18(29-2)10-11-19(21)20(15-23)22(24)16-6-8-17(9-7-16)25(12-5-13-26)30(3,27)28/h6-11,14,26H,4-5,12-13H2,1-3H3. The van der Waals surface area contributed by atoms with E-state index in [0.29, 0.717) is 30.0 Å². The average molecular weight is 428 g/mol. The molecule has 0 amide bonds. The number of benzene rings is 2. The summed E-state index contributed by atoms with van der Waals surface area (Å²) in [5.41, 5.74) is 3.61. The number of sulfonamides is 1. The molecule has 1 N–H and O–H groups in total. The molecule has 0 aliphatic carbocycles. The first-order valence-corrected chi connectivity index (χ1v) is 11.5. The van der Waals surface area contributed by atoms with Gasteiger partial charge in [0.25, 0.3) is 0 Å². The molecule has 0 aliphatic rings. The Labute approximate surface area is 176 Å². The van der Waals surface area contributed by atoms with E-state index in [1.54, 1.807) is 19.2 Å². The summed E-state index contributed by atoms with van der Waals surface area (Å²) < 4.78 is 33.0. The van der Waals surface area contributed by atoms with Crippen LogP contribution in [0, 0.1) is 11.3 Å². The van der Waals surface area contributed by atoms with E-state index >= 15 is 0 Å². The van der Waals surface area contributed by atoms with Gasteiger partial charge in [-0.1, -0.05) is 12.1 Å². The van der Waals surface area contributed by atoms with Crippen LogP contribution in [0.4, 0.5) is 5.69 Å². The number of ether oxygens (including phenoxy) is 1. The van der Waals surface area contributed by atoms with E-state index in [-0.39, 0.29) is 13.2 Å². The third-order valence-electron chi connectivity index (χ3n) is 5.05. The summed E-state index contributed by atoms with van der Waals surface area (Å²) >= 11 is 0. The van der Waals surface area contributed by atoms with Crippen molar-refractivity contribution in [3.8, 4) is 23.1 Å². The van der Waals surface area contributed by atoms with Gasteiger partial charge in [0.05, 0.1) is 35.8 Å². The van der Waals surface area contributed by atoms with Crippen LogP contribution in [0.25, 0.3) is 22.2 Å². The summed E-state index contributed by atoms with van der Waals surface area (Å²) in [7, 11) is -1.86. The SMILES string of the molecule is CCn1c(-c2ccc(N(CCCO)S(C)(=O)=O)cc2)c(C#N)c2ccc(OC)cc21. The fraction of sp³-hybridized carbons (Fsp3) is 0.318. The summed E-state index contributed by atoms with van der Waals surface area (Å²) in [6.45, 7) is 2.79. The van der Waals surface area contributed by atoms with Crippen molar-refractivity contribution >= 4 is 26.6 Å². The summed E-state index contributed by atoms with van der Waals surface area (Å²) in [6, 6.07) is 15.1. The Hall–Kier alpha value is -3.02. The Balaban J connectivity index is 2.13. The van der Waals surface area contributed by atoms with Crippen LogP contribution < -0.4 is 9.04 Å². The number of fused-ring (bicyclic) bond motifs is 1. The summed E-state index contributed by atoms with van der Waals surface area (Å²) in [5.74, 6) is 0.716. The smallest absolute Gasteiger partial charge is 0.232 e. The van der Waals surface area contributed by atoms with Crippen molar-refractivity contribution in [3.05, 3.63) is 48.0 Å². The first-order chi connectivity index (χ1) is 14.3. The molecule has 0 aliphatic heterocycles. The quantitative estimate of drug-likeness (QED) is 0.595. The molecule has 3 aromatic rings. The molecule has 0 bridgehead atoms.